The lowest BCUT2D eigenvalue weighted by atomic mass is 10.5. The zero-order valence-corrected chi connectivity index (χ0v) is 7.70. The van der Waals surface area contributed by atoms with Crippen LogP contribution in [0, 0.1) is 0 Å². The molecule has 0 amide bonds. The van der Waals surface area contributed by atoms with Crippen LogP contribution in [0.25, 0.3) is 0 Å². The Morgan fingerprint density at radius 1 is 1.91 bits per heavy atom. The molecule has 0 saturated heterocycles. The number of aliphatic carboxylic acids is 1. The van der Waals surface area contributed by atoms with Crippen LogP contribution < -0.4 is 5.11 Å². The van der Waals surface area contributed by atoms with Gasteiger partial charge in [-0.25, -0.2) is 0 Å². The highest BCUT2D eigenvalue weighted by Crippen LogP contribution is 2.25. The van der Waals surface area contributed by atoms with Gasteiger partial charge in [-0.2, -0.15) is 0 Å². The van der Waals surface area contributed by atoms with Crippen molar-refractivity contribution in [1.29, 1.82) is 0 Å². The molecule has 0 unspecified atom stereocenters. The first-order chi connectivity index (χ1) is 5.20. The minimum absolute atomic E-state index is 0.487. The second-order valence-corrected chi connectivity index (χ2v) is 4.75. The Balaban J connectivity index is 2.35. The normalized spacial score (nSPS) is 19.5. The third-order valence-electron chi connectivity index (χ3n) is 1.17. The number of thioether (sulfide) groups is 2. The summed E-state index contributed by atoms with van der Waals surface area (Å²) in [6, 6.07) is 0. The van der Waals surface area contributed by atoms with Gasteiger partial charge in [0.15, 0.2) is 0 Å². The Kier molecular flexibility index (Phi) is 3.26. The predicted octanol–water partition coefficient (Wildman–Crippen LogP) is -0.0392. The lowest BCUT2D eigenvalue weighted by molar-refractivity contribution is -0.304. The van der Waals surface area contributed by atoms with Crippen LogP contribution in [0.1, 0.15) is 6.92 Å². The SMILES string of the molecule is C[C@@H](SC1=NCCS1)C(=O)[O-]. The molecule has 0 bridgehead atoms. The predicted molar refractivity (Wildman–Crippen MR) is 46.8 cm³/mol. The van der Waals surface area contributed by atoms with Crippen LogP contribution in [0.15, 0.2) is 4.99 Å². The number of aliphatic imine (C=N–C) groups is 1. The fourth-order valence-corrected chi connectivity index (χ4v) is 2.65. The maximum Gasteiger partial charge on any atom is 0.125 e. The van der Waals surface area contributed by atoms with Crippen molar-refractivity contribution in [2.45, 2.75) is 12.2 Å². The summed E-state index contributed by atoms with van der Waals surface area (Å²) in [5.74, 6) is -0.0487. The van der Waals surface area contributed by atoms with E-state index in [9.17, 15) is 9.90 Å². The lowest BCUT2D eigenvalue weighted by Crippen LogP contribution is -2.31. The van der Waals surface area contributed by atoms with E-state index in [1.165, 1.54) is 11.8 Å². The maximum atomic E-state index is 10.3. The molecule has 1 aliphatic rings. The van der Waals surface area contributed by atoms with Gasteiger partial charge >= 0.3 is 0 Å². The van der Waals surface area contributed by atoms with E-state index < -0.39 is 11.2 Å². The Morgan fingerprint density at radius 2 is 2.64 bits per heavy atom. The van der Waals surface area contributed by atoms with Gasteiger partial charge < -0.3 is 9.90 Å². The average Bonchev–Trinajstić information content (AvgIpc) is 2.39. The summed E-state index contributed by atoms with van der Waals surface area (Å²) < 4.78 is 0.877. The number of carbonyl (C=O) groups excluding carboxylic acids is 1. The number of carboxylic acids is 1. The monoisotopic (exact) mass is 190 g/mol. The largest absolute Gasteiger partial charge is 0.549 e. The molecule has 0 aliphatic carbocycles. The van der Waals surface area contributed by atoms with Crippen LogP contribution in [-0.2, 0) is 4.79 Å². The fraction of sp³-hybridized carbons (Fsp3) is 0.667. The zero-order valence-electron chi connectivity index (χ0n) is 6.07. The highest BCUT2D eigenvalue weighted by molar-refractivity contribution is 8.39. The molecular weight excluding hydrogens is 182 g/mol. The van der Waals surface area contributed by atoms with Gasteiger partial charge in [0.2, 0.25) is 0 Å². The highest BCUT2D eigenvalue weighted by Gasteiger charge is 2.12. The van der Waals surface area contributed by atoms with Crippen LogP contribution in [-0.4, -0.2) is 27.9 Å². The van der Waals surface area contributed by atoms with Crippen molar-refractivity contribution in [1.82, 2.24) is 0 Å². The summed E-state index contributed by atoms with van der Waals surface area (Å²) in [4.78, 5) is 14.4. The van der Waals surface area contributed by atoms with Crippen LogP contribution >= 0.6 is 23.5 Å². The fourth-order valence-electron chi connectivity index (χ4n) is 0.586. The minimum atomic E-state index is -1.02. The Labute approximate surface area is 73.7 Å². The molecule has 11 heavy (non-hydrogen) atoms. The van der Waals surface area contributed by atoms with E-state index in [2.05, 4.69) is 4.99 Å². The minimum Gasteiger partial charge on any atom is -0.549 e. The van der Waals surface area contributed by atoms with Crippen molar-refractivity contribution < 1.29 is 9.90 Å². The van der Waals surface area contributed by atoms with E-state index >= 15 is 0 Å². The Hall–Kier alpha value is -0.160. The van der Waals surface area contributed by atoms with Crippen molar-refractivity contribution in [3.8, 4) is 0 Å². The maximum absolute atomic E-state index is 10.3. The number of carbonyl (C=O) groups is 1. The molecule has 0 saturated carbocycles. The van der Waals surface area contributed by atoms with Gasteiger partial charge in [0, 0.05) is 11.0 Å². The standard InChI is InChI=1S/C6H9NO2S2/c1-4(5(8)9)11-6-7-2-3-10-6/h4H,2-3H2,1H3,(H,8,9)/p-1/t4-/m1/s1. The molecule has 0 fully saturated rings. The first-order valence-corrected chi connectivity index (χ1v) is 5.11. The number of hydrogen-bond acceptors (Lipinski definition) is 5. The zero-order chi connectivity index (χ0) is 8.27. The molecule has 0 aromatic carbocycles. The van der Waals surface area contributed by atoms with Gasteiger partial charge in [0.05, 0.1) is 12.5 Å². The molecule has 0 aromatic heterocycles. The van der Waals surface area contributed by atoms with Crippen molar-refractivity contribution in [3.05, 3.63) is 0 Å². The summed E-state index contributed by atoms with van der Waals surface area (Å²) in [5, 5.41) is 9.80. The molecule has 1 atom stereocenters. The molecule has 1 heterocycles. The molecule has 0 spiro atoms. The molecule has 0 aromatic rings. The van der Waals surface area contributed by atoms with Crippen molar-refractivity contribution in [3.63, 3.8) is 0 Å². The lowest BCUT2D eigenvalue weighted by Gasteiger charge is -2.10. The second kappa shape index (κ2) is 4.01. The van der Waals surface area contributed by atoms with Crippen LogP contribution in [0.2, 0.25) is 0 Å². The van der Waals surface area contributed by atoms with E-state index in [-0.39, 0.29) is 0 Å². The number of hydrogen-bond donors (Lipinski definition) is 0. The highest BCUT2D eigenvalue weighted by atomic mass is 32.2. The van der Waals surface area contributed by atoms with Gasteiger partial charge in [-0.1, -0.05) is 23.5 Å². The number of rotatable bonds is 2. The molecule has 1 rings (SSSR count). The first-order valence-electron chi connectivity index (χ1n) is 3.25. The van der Waals surface area contributed by atoms with Crippen LogP contribution in [0.5, 0.6) is 0 Å². The van der Waals surface area contributed by atoms with Gasteiger partial charge in [-0.3, -0.25) is 4.99 Å². The summed E-state index contributed by atoms with van der Waals surface area (Å²) in [7, 11) is 0. The third kappa shape index (κ3) is 2.75. The summed E-state index contributed by atoms with van der Waals surface area (Å²) >= 11 is 2.88. The van der Waals surface area contributed by atoms with E-state index in [1.54, 1.807) is 18.7 Å². The molecular formula is C6H8NO2S2-. The van der Waals surface area contributed by atoms with Crippen LogP contribution in [0.3, 0.4) is 0 Å². The molecule has 0 N–H and O–H groups in total. The second-order valence-electron chi connectivity index (χ2n) is 2.08. The molecule has 62 valence electrons. The topological polar surface area (TPSA) is 52.5 Å². The van der Waals surface area contributed by atoms with Crippen molar-refractivity contribution in [2.75, 3.05) is 12.3 Å². The Bertz CT molecular complexity index is 193. The molecule has 5 heteroatoms. The first kappa shape index (κ1) is 8.93. The van der Waals surface area contributed by atoms with E-state index in [0.717, 1.165) is 16.7 Å². The summed E-state index contributed by atoms with van der Waals surface area (Å²) in [6.45, 7) is 2.42. The number of nitrogens with zero attached hydrogens (tertiary/aromatic N) is 1. The summed E-state index contributed by atoms with van der Waals surface area (Å²) in [5.41, 5.74) is 0. The van der Waals surface area contributed by atoms with Crippen molar-refractivity contribution in [2.24, 2.45) is 4.99 Å². The Morgan fingerprint density at radius 3 is 3.09 bits per heavy atom. The van der Waals surface area contributed by atoms with Gasteiger partial charge in [-0.15, -0.1) is 0 Å². The van der Waals surface area contributed by atoms with E-state index in [1.807, 2.05) is 0 Å². The third-order valence-corrected chi connectivity index (χ3v) is 3.45. The van der Waals surface area contributed by atoms with E-state index in [0.29, 0.717) is 0 Å². The van der Waals surface area contributed by atoms with E-state index in [4.69, 9.17) is 0 Å². The summed E-state index contributed by atoms with van der Waals surface area (Å²) in [6.07, 6.45) is 0. The van der Waals surface area contributed by atoms with Crippen molar-refractivity contribution >= 4 is 33.9 Å². The molecule has 0 radical (unpaired) electrons. The number of carboxylic acid groups (broad SMARTS) is 1. The molecule has 3 nitrogen and oxygen atoms in total. The smallest absolute Gasteiger partial charge is 0.125 e. The van der Waals surface area contributed by atoms with Gasteiger partial charge in [0.1, 0.15) is 4.38 Å². The van der Waals surface area contributed by atoms with Gasteiger partial charge in [0.25, 0.3) is 0 Å². The van der Waals surface area contributed by atoms with Crippen LogP contribution in [0.4, 0.5) is 0 Å². The molecule has 1 aliphatic heterocycles. The van der Waals surface area contributed by atoms with Gasteiger partial charge in [-0.05, 0) is 6.92 Å². The quantitative estimate of drug-likeness (QED) is 0.613. The average molecular weight is 190 g/mol.